The van der Waals surface area contributed by atoms with Crippen LogP contribution in [0.25, 0.3) is 0 Å². The van der Waals surface area contributed by atoms with E-state index in [-0.39, 0.29) is 0 Å². The van der Waals surface area contributed by atoms with Crippen LogP contribution in [0.3, 0.4) is 0 Å². The number of rotatable bonds is 9. The molecule has 0 aliphatic carbocycles. The molecule has 0 radical (unpaired) electrons. The van der Waals surface area contributed by atoms with Gasteiger partial charge in [0, 0.05) is 13.7 Å². The summed E-state index contributed by atoms with van der Waals surface area (Å²) < 4.78 is 10.5. The first kappa shape index (κ1) is 16.3. The van der Waals surface area contributed by atoms with Gasteiger partial charge in [-0.2, -0.15) is 0 Å². The number of hydrogen-bond donors (Lipinski definition) is 2. The van der Waals surface area contributed by atoms with E-state index >= 15 is 0 Å². The molecule has 0 atom stereocenters. The van der Waals surface area contributed by atoms with Crippen molar-refractivity contribution in [2.75, 3.05) is 33.4 Å². The molecule has 5 nitrogen and oxygen atoms in total. The molecule has 0 heterocycles. The molecule has 0 unspecified atom stereocenters. The molecular formula is C15H25N3O2. The Bertz CT molecular complexity index is 408. The van der Waals surface area contributed by atoms with E-state index in [9.17, 15) is 0 Å². The number of nitrogens with one attached hydrogen (secondary N) is 1. The van der Waals surface area contributed by atoms with Crippen molar-refractivity contribution in [1.29, 1.82) is 0 Å². The standard InChI is InChI=1S/C15H25N3O2/c1-3-10-20-14-6-4-5-13(12-14)7-8-17-15(16)18-9-11-19-2/h4-6,12H,3,7-11H2,1-2H3,(H3,16,17,18). The van der Waals surface area contributed by atoms with E-state index in [0.29, 0.717) is 19.1 Å². The number of benzene rings is 1. The lowest BCUT2D eigenvalue weighted by atomic mass is 10.1. The maximum absolute atomic E-state index is 5.73. The fourth-order valence-corrected chi connectivity index (χ4v) is 1.66. The van der Waals surface area contributed by atoms with E-state index in [0.717, 1.165) is 31.7 Å². The highest BCUT2D eigenvalue weighted by molar-refractivity contribution is 5.77. The van der Waals surface area contributed by atoms with Gasteiger partial charge in [0.05, 0.1) is 19.8 Å². The third kappa shape index (κ3) is 6.99. The van der Waals surface area contributed by atoms with Crippen LogP contribution in [0.1, 0.15) is 18.9 Å². The number of ether oxygens (including phenoxy) is 2. The second-order valence-corrected chi connectivity index (χ2v) is 4.43. The summed E-state index contributed by atoms with van der Waals surface area (Å²) in [5.74, 6) is 1.38. The Balaban J connectivity index is 2.32. The molecule has 0 saturated carbocycles. The molecule has 1 aromatic carbocycles. The maximum atomic E-state index is 5.73. The number of guanidine groups is 1. The minimum atomic E-state index is 0.459. The van der Waals surface area contributed by atoms with Crippen molar-refractivity contribution >= 4 is 5.96 Å². The van der Waals surface area contributed by atoms with Gasteiger partial charge < -0.3 is 20.5 Å². The summed E-state index contributed by atoms with van der Waals surface area (Å²) in [7, 11) is 1.65. The summed E-state index contributed by atoms with van der Waals surface area (Å²) in [6.45, 7) is 4.76. The van der Waals surface area contributed by atoms with Crippen LogP contribution in [-0.2, 0) is 11.2 Å². The van der Waals surface area contributed by atoms with Gasteiger partial charge in [-0.15, -0.1) is 0 Å². The summed E-state index contributed by atoms with van der Waals surface area (Å²) in [5, 5.41) is 3.08. The molecule has 20 heavy (non-hydrogen) atoms. The first-order valence-corrected chi connectivity index (χ1v) is 7.00. The van der Waals surface area contributed by atoms with Crippen molar-refractivity contribution in [2.45, 2.75) is 19.8 Å². The monoisotopic (exact) mass is 279 g/mol. The maximum Gasteiger partial charge on any atom is 0.188 e. The fraction of sp³-hybridized carbons (Fsp3) is 0.533. The van der Waals surface area contributed by atoms with Gasteiger partial charge in [-0.05, 0) is 30.5 Å². The van der Waals surface area contributed by atoms with Crippen molar-refractivity contribution in [1.82, 2.24) is 5.32 Å². The zero-order valence-electron chi connectivity index (χ0n) is 12.4. The molecule has 112 valence electrons. The van der Waals surface area contributed by atoms with Crippen LogP contribution in [-0.4, -0.2) is 39.4 Å². The third-order valence-electron chi connectivity index (χ3n) is 2.67. The Hall–Kier alpha value is -1.75. The van der Waals surface area contributed by atoms with Crippen LogP contribution >= 0.6 is 0 Å². The Morgan fingerprint density at radius 1 is 1.35 bits per heavy atom. The molecule has 0 amide bonds. The van der Waals surface area contributed by atoms with E-state index in [2.05, 4.69) is 29.4 Å². The van der Waals surface area contributed by atoms with Gasteiger partial charge in [-0.3, -0.25) is 4.99 Å². The van der Waals surface area contributed by atoms with Crippen LogP contribution in [0, 0.1) is 0 Å². The molecule has 0 bridgehead atoms. The normalized spacial score (nSPS) is 11.4. The van der Waals surface area contributed by atoms with Crippen LogP contribution in [0.15, 0.2) is 29.3 Å². The number of nitrogens with zero attached hydrogens (tertiary/aromatic N) is 1. The van der Waals surface area contributed by atoms with Gasteiger partial charge in [-0.25, -0.2) is 0 Å². The van der Waals surface area contributed by atoms with Crippen molar-refractivity contribution in [3.63, 3.8) is 0 Å². The molecule has 0 saturated heterocycles. The Labute approximate surface area is 121 Å². The number of aliphatic imine (C=N–C) groups is 1. The van der Waals surface area contributed by atoms with Crippen LogP contribution in [0.4, 0.5) is 0 Å². The summed E-state index contributed by atoms with van der Waals surface area (Å²) >= 11 is 0. The SMILES string of the molecule is CCCOc1cccc(CCNC(N)=NCCOC)c1. The topological polar surface area (TPSA) is 68.9 Å². The van der Waals surface area contributed by atoms with E-state index in [1.807, 2.05) is 12.1 Å². The first-order valence-electron chi connectivity index (χ1n) is 7.00. The summed E-state index contributed by atoms with van der Waals surface area (Å²) in [6, 6.07) is 8.14. The molecule has 5 heteroatoms. The lowest BCUT2D eigenvalue weighted by Crippen LogP contribution is -2.33. The summed E-state index contributed by atoms with van der Waals surface area (Å²) in [6.07, 6.45) is 1.89. The molecule has 0 fully saturated rings. The van der Waals surface area contributed by atoms with Crippen molar-refractivity contribution < 1.29 is 9.47 Å². The quantitative estimate of drug-likeness (QED) is 0.409. The number of hydrogen-bond acceptors (Lipinski definition) is 3. The lowest BCUT2D eigenvalue weighted by molar-refractivity contribution is 0.208. The van der Waals surface area contributed by atoms with Gasteiger partial charge in [-0.1, -0.05) is 19.1 Å². The molecule has 3 N–H and O–H groups in total. The fourth-order valence-electron chi connectivity index (χ4n) is 1.66. The van der Waals surface area contributed by atoms with Crippen LogP contribution in [0.5, 0.6) is 5.75 Å². The predicted molar refractivity (Wildman–Crippen MR) is 82.3 cm³/mol. The number of methoxy groups -OCH3 is 1. The van der Waals surface area contributed by atoms with Crippen LogP contribution < -0.4 is 15.8 Å². The molecule has 0 aliphatic rings. The largest absolute Gasteiger partial charge is 0.494 e. The molecule has 1 rings (SSSR count). The number of nitrogens with two attached hydrogens (primary N) is 1. The predicted octanol–water partition coefficient (Wildman–Crippen LogP) is 1.57. The van der Waals surface area contributed by atoms with Gasteiger partial charge in [0.1, 0.15) is 5.75 Å². The van der Waals surface area contributed by atoms with E-state index in [1.54, 1.807) is 7.11 Å². The van der Waals surface area contributed by atoms with Gasteiger partial charge in [0.25, 0.3) is 0 Å². The van der Waals surface area contributed by atoms with Gasteiger partial charge in [0.2, 0.25) is 0 Å². The van der Waals surface area contributed by atoms with E-state index in [4.69, 9.17) is 15.2 Å². The minimum Gasteiger partial charge on any atom is -0.494 e. The average Bonchev–Trinajstić information content (AvgIpc) is 2.46. The highest BCUT2D eigenvalue weighted by atomic mass is 16.5. The first-order chi connectivity index (χ1) is 9.76. The van der Waals surface area contributed by atoms with Gasteiger partial charge >= 0.3 is 0 Å². The molecule has 0 aliphatic heterocycles. The molecule has 0 aromatic heterocycles. The minimum absolute atomic E-state index is 0.459. The van der Waals surface area contributed by atoms with Crippen molar-refractivity contribution in [3.8, 4) is 5.75 Å². The van der Waals surface area contributed by atoms with E-state index in [1.165, 1.54) is 5.56 Å². The average molecular weight is 279 g/mol. The molecule has 0 spiro atoms. The van der Waals surface area contributed by atoms with Crippen LogP contribution in [0.2, 0.25) is 0 Å². The Kier molecular flexibility index (Phi) is 8.22. The third-order valence-corrected chi connectivity index (χ3v) is 2.67. The second-order valence-electron chi connectivity index (χ2n) is 4.43. The Morgan fingerprint density at radius 2 is 2.20 bits per heavy atom. The van der Waals surface area contributed by atoms with E-state index < -0.39 is 0 Å². The molecule has 1 aromatic rings. The zero-order valence-corrected chi connectivity index (χ0v) is 12.4. The van der Waals surface area contributed by atoms with Crippen molar-refractivity contribution in [2.24, 2.45) is 10.7 Å². The summed E-state index contributed by atoms with van der Waals surface area (Å²) in [4.78, 5) is 4.14. The summed E-state index contributed by atoms with van der Waals surface area (Å²) in [5.41, 5.74) is 6.95. The highest BCUT2D eigenvalue weighted by Gasteiger charge is 1.98. The Morgan fingerprint density at radius 3 is 2.95 bits per heavy atom. The van der Waals surface area contributed by atoms with Gasteiger partial charge in [0.15, 0.2) is 5.96 Å². The molecular weight excluding hydrogens is 254 g/mol. The zero-order chi connectivity index (χ0) is 14.6. The highest BCUT2D eigenvalue weighted by Crippen LogP contribution is 2.13. The van der Waals surface area contributed by atoms with Crippen molar-refractivity contribution in [3.05, 3.63) is 29.8 Å². The smallest absolute Gasteiger partial charge is 0.188 e. The second kappa shape index (κ2) is 10.1. The lowest BCUT2D eigenvalue weighted by Gasteiger charge is -2.08.